The van der Waals surface area contributed by atoms with Gasteiger partial charge in [0.2, 0.25) is 5.89 Å². The largest absolute Gasteiger partial charge is 0.436 e. The molecule has 4 heteroatoms. The predicted octanol–water partition coefficient (Wildman–Crippen LogP) is 14.5. The van der Waals surface area contributed by atoms with Crippen molar-refractivity contribution in [3.63, 3.8) is 0 Å². The first kappa shape index (κ1) is 32.7. The molecule has 0 saturated heterocycles. The van der Waals surface area contributed by atoms with Crippen LogP contribution in [0.1, 0.15) is 0 Å². The van der Waals surface area contributed by atoms with Crippen LogP contribution in [0.3, 0.4) is 0 Å². The van der Waals surface area contributed by atoms with E-state index in [1.807, 2.05) is 36.4 Å². The van der Waals surface area contributed by atoms with Gasteiger partial charge >= 0.3 is 0 Å². The molecular formula is C53H35N3O. The van der Waals surface area contributed by atoms with Crippen LogP contribution < -0.4 is 4.90 Å². The summed E-state index contributed by atoms with van der Waals surface area (Å²) in [5.74, 6) is 0.632. The molecule has 0 spiro atoms. The molecule has 9 aromatic carbocycles. The molecule has 4 nitrogen and oxygen atoms in total. The van der Waals surface area contributed by atoms with Crippen LogP contribution in [0.4, 0.5) is 17.1 Å². The lowest BCUT2D eigenvalue weighted by Gasteiger charge is -2.26. The maximum Gasteiger partial charge on any atom is 0.227 e. The van der Waals surface area contributed by atoms with Crippen LogP contribution in [0.25, 0.3) is 83.1 Å². The Labute approximate surface area is 330 Å². The molecule has 268 valence electrons. The summed E-state index contributed by atoms with van der Waals surface area (Å²) in [7, 11) is 0. The first-order valence-electron chi connectivity index (χ1n) is 19.3. The normalized spacial score (nSPS) is 11.5. The van der Waals surface area contributed by atoms with Crippen molar-refractivity contribution in [3.8, 4) is 39.4 Å². The lowest BCUT2D eigenvalue weighted by molar-refractivity contribution is 0.620. The second kappa shape index (κ2) is 13.6. The highest BCUT2D eigenvalue weighted by Crippen LogP contribution is 2.41. The molecule has 0 saturated carbocycles. The van der Waals surface area contributed by atoms with Crippen molar-refractivity contribution < 1.29 is 4.42 Å². The van der Waals surface area contributed by atoms with Crippen LogP contribution in [0.5, 0.6) is 0 Å². The molecule has 0 N–H and O–H groups in total. The average Bonchev–Trinajstić information content (AvgIpc) is 3.88. The molecule has 0 aliphatic carbocycles. The highest BCUT2D eigenvalue weighted by atomic mass is 16.3. The Morgan fingerprint density at radius 3 is 1.65 bits per heavy atom. The number of anilines is 3. The van der Waals surface area contributed by atoms with Crippen molar-refractivity contribution in [2.24, 2.45) is 0 Å². The highest BCUT2D eigenvalue weighted by molar-refractivity contribution is 6.10. The SMILES string of the molecule is c1ccc(-c2ccc(N(c3ccc(-c4ccc5ccc6oc(-c7ccccc7)nc6c5c4)cc3)c3ccc4c5ccccc5n(-c5ccccc5)c4c3)cc2)cc1. The topological polar surface area (TPSA) is 34.2 Å². The van der Waals surface area contributed by atoms with E-state index in [-0.39, 0.29) is 0 Å². The molecule has 0 atom stereocenters. The zero-order chi connectivity index (χ0) is 37.7. The molecular weight excluding hydrogens is 695 g/mol. The summed E-state index contributed by atoms with van der Waals surface area (Å²) in [5, 5.41) is 4.66. The van der Waals surface area contributed by atoms with Crippen LogP contribution in [-0.4, -0.2) is 9.55 Å². The molecule has 2 heterocycles. The summed E-state index contributed by atoms with van der Waals surface area (Å²) in [6.45, 7) is 0. The monoisotopic (exact) mass is 729 g/mol. The third-order valence-electron chi connectivity index (χ3n) is 11.0. The zero-order valence-electron chi connectivity index (χ0n) is 31.0. The number of para-hydroxylation sites is 2. The van der Waals surface area contributed by atoms with Gasteiger partial charge in [0.1, 0.15) is 5.52 Å². The van der Waals surface area contributed by atoms with E-state index in [0.717, 1.165) is 66.8 Å². The summed E-state index contributed by atoms with van der Waals surface area (Å²) < 4.78 is 8.60. The van der Waals surface area contributed by atoms with Crippen molar-refractivity contribution in [1.82, 2.24) is 9.55 Å². The van der Waals surface area contributed by atoms with Gasteiger partial charge in [-0.1, -0.05) is 133 Å². The van der Waals surface area contributed by atoms with E-state index in [2.05, 4.69) is 185 Å². The van der Waals surface area contributed by atoms with E-state index in [9.17, 15) is 0 Å². The van der Waals surface area contributed by atoms with Gasteiger partial charge in [-0.2, -0.15) is 0 Å². The molecule has 0 bridgehead atoms. The van der Waals surface area contributed by atoms with Crippen molar-refractivity contribution in [2.45, 2.75) is 0 Å². The number of hydrogen-bond donors (Lipinski definition) is 0. The molecule has 0 fully saturated rings. The number of benzene rings is 9. The second-order valence-electron chi connectivity index (χ2n) is 14.4. The lowest BCUT2D eigenvalue weighted by atomic mass is 10.00. The predicted molar refractivity (Wildman–Crippen MR) is 237 cm³/mol. The summed E-state index contributed by atoms with van der Waals surface area (Å²) >= 11 is 0. The maximum atomic E-state index is 6.22. The van der Waals surface area contributed by atoms with E-state index >= 15 is 0 Å². The fourth-order valence-corrected chi connectivity index (χ4v) is 8.23. The minimum atomic E-state index is 0.632. The van der Waals surface area contributed by atoms with Gasteiger partial charge in [-0.25, -0.2) is 4.98 Å². The highest BCUT2D eigenvalue weighted by Gasteiger charge is 2.18. The lowest BCUT2D eigenvalue weighted by Crippen LogP contribution is -2.10. The van der Waals surface area contributed by atoms with Crippen LogP contribution in [0, 0.1) is 0 Å². The second-order valence-corrected chi connectivity index (χ2v) is 14.4. The Kier molecular flexibility index (Phi) is 7.78. The molecule has 0 radical (unpaired) electrons. The van der Waals surface area contributed by atoms with Crippen molar-refractivity contribution in [2.75, 3.05) is 4.90 Å². The summed E-state index contributed by atoms with van der Waals surface area (Å²) in [5.41, 5.74) is 14.0. The fourth-order valence-electron chi connectivity index (χ4n) is 8.23. The quantitative estimate of drug-likeness (QED) is 0.164. The smallest absolute Gasteiger partial charge is 0.227 e. The number of rotatable bonds is 7. The molecule has 0 aliphatic heterocycles. The number of hydrogen-bond acceptors (Lipinski definition) is 3. The molecule has 0 aliphatic rings. The van der Waals surface area contributed by atoms with E-state index in [4.69, 9.17) is 9.40 Å². The minimum absolute atomic E-state index is 0.632. The van der Waals surface area contributed by atoms with Crippen molar-refractivity contribution in [1.29, 1.82) is 0 Å². The van der Waals surface area contributed by atoms with Gasteiger partial charge in [0.25, 0.3) is 0 Å². The van der Waals surface area contributed by atoms with Crippen LogP contribution >= 0.6 is 0 Å². The Balaban J connectivity index is 1.03. The summed E-state index contributed by atoms with van der Waals surface area (Å²) in [6.07, 6.45) is 0. The molecule has 57 heavy (non-hydrogen) atoms. The van der Waals surface area contributed by atoms with Crippen LogP contribution in [0.15, 0.2) is 217 Å². The first-order valence-corrected chi connectivity index (χ1v) is 19.3. The third-order valence-corrected chi connectivity index (χ3v) is 11.0. The van der Waals surface area contributed by atoms with Gasteiger partial charge in [0, 0.05) is 44.5 Å². The standard InChI is InChI=1S/C53H35N3O/c1-4-12-36(13-5-1)37-22-27-43(28-23-37)55(45-31-32-47-46-18-10-11-19-49(46)56(50(47)35-45)42-16-8-3-9-17-42)44-29-24-38(25-30-44)41-21-20-39-26-33-51-52(48(39)34-41)54-53(57-51)40-14-6-2-7-15-40/h1-35H. The van der Waals surface area contributed by atoms with Gasteiger partial charge in [-0.15, -0.1) is 0 Å². The van der Waals surface area contributed by atoms with Crippen LogP contribution in [0.2, 0.25) is 0 Å². The van der Waals surface area contributed by atoms with Gasteiger partial charge in [0.15, 0.2) is 5.58 Å². The Morgan fingerprint density at radius 1 is 0.386 bits per heavy atom. The third kappa shape index (κ3) is 5.74. The fraction of sp³-hybridized carbons (Fsp3) is 0. The van der Waals surface area contributed by atoms with Crippen molar-refractivity contribution in [3.05, 3.63) is 212 Å². The van der Waals surface area contributed by atoms with Gasteiger partial charge in [0.05, 0.1) is 11.0 Å². The number of aromatic nitrogens is 2. The average molecular weight is 730 g/mol. The number of fused-ring (bicyclic) bond motifs is 6. The van der Waals surface area contributed by atoms with E-state index in [1.165, 1.54) is 27.4 Å². The molecule has 11 rings (SSSR count). The Morgan fingerprint density at radius 2 is 0.930 bits per heavy atom. The summed E-state index contributed by atoms with van der Waals surface area (Å²) in [6, 6.07) is 75.3. The molecule has 11 aromatic rings. The van der Waals surface area contributed by atoms with E-state index in [1.54, 1.807) is 0 Å². The Hall–Kier alpha value is -7.69. The Bertz CT molecular complexity index is 3200. The molecule has 0 unspecified atom stereocenters. The van der Waals surface area contributed by atoms with Crippen molar-refractivity contribution >= 4 is 60.7 Å². The molecule has 2 aromatic heterocycles. The van der Waals surface area contributed by atoms with Gasteiger partial charge < -0.3 is 13.9 Å². The molecule has 0 amide bonds. The zero-order valence-corrected chi connectivity index (χ0v) is 31.0. The summed E-state index contributed by atoms with van der Waals surface area (Å²) in [4.78, 5) is 7.32. The number of oxazole rings is 1. The van der Waals surface area contributed by atoms with E-state index in [0.29, 0.717) is 5.89 Å². The first-order chi connectivity index (χ1) is 28.2. The maximum absolute atomic E-state index is 6.22. The van der Waals surface area contributed by atoms with Gasteiger partial charge in [-0.05, 0) is 107 Å². The van der Waals surface area contributed by atoms with Crippen LogP contribution in [-0.2, 0) is 0 Å². The number of nitrogens with zero attached hydrogens (tertiary/aromatic N) is 3. The van der Waals surface area contributed by atoms with Gasteiger partial charge in [-0.3, -0.25) is 0 Å². The van der Waals surface area contributed by atoms with E-state index < -0.39 is 0 Å². The minimum Gasteiger partial charge on any atom is -0.436 e.